The lowest BCUT2D eigenvalue weighted by Gasteiger charge is -2.52. The van der Waals surface area contributed by atoms with E-state index in [9.17, 15) is 18.8 Å². The van der Waals surface area contributed by atoms with Gasteiger partial charge >= 0.3 is 0 Å². The fourth-order valence-electron chi connectivity index (χ4n) is 4.65. The van der Waals surface area contributed by atoms with Crippen LogP contribution >= 0.6 is 0 Å². The Bertz CT molecular complexity index is 1090. The monoisotopic (exact) mass is 388 g/mol. The average Bonchev–Trinajstić information content (AvgIpc) is 3.01. The van der Waals surface area contributed by atoms with Gasteiger partial charge in [0, 0.05) is 12.5 Å². The molecule has 0 aromatic heterocycles. The molecule has 3 aliphatic rings. The van der Waals surface area contributed by atoms with Crippen molar-refractivity contribution in [2.75, 3.05) is 0 Å². The Balaban J connectivity index is 1.71. The van der Waals surface area contributed by atoms with Gasteiger partial charge in [0.2, 0.25) is 11.8 Å². The van der Waals surface area contributed by atoms with Crippen LogP contribution in [0.15, 0.2) is 72.8 Å². The highest BCUT2D eigenvalue weighted by Gasteiger charge is 2.60. The molecule has 2 aromatic rings. The summed E-state index contributed by atoms with van der Waals surface area (Å²) in [6, 6.07) is 13.5. The maximum absolute atomic E-state index is 13.4. The third-order valence-electron chi connectivity index (χ3n) is 5.89. The summed E-state index contributed by atoms with van der Waals surface area (Å²) in [4.78, 5) is 39.9. The second-order valence-corrected chi connectivity index (χ2v) is 7.48. The number of hydrogen-bond donors (Lipinski definition) is 1. The third-order valence-corrected chi connectivity index (χ3v) is 5.89. The molecule has 0 unspecified atom stereocenters. The summed E-state index contributed by atoms with van der Waals surface area (Å²) in [5.41, 5.74) is 1.13. The lowest BCUT2D eigenvalue weighted by molar-refractivity contribution is -0.147. The number of carbonyl (C=O) groups is 3. The summed E-state index contributed by atoms with van der Waals surface area (Å²) in [7, 11) is 0. The number of nitrogens with one attached hydrogen (secondary N) is 1. The maximum atomic E-state index is 13.4. The standard InChI is InChI=1S/C23H17FN2O3/c24-16-8-6-15(7-9-16)21-22(29)25-19-12-17(27)10-11-23(19)18(13-20(28)26(21)23)14-4-2-1-3-5-14/h1-11,13,19,21H,12H2,(H,25,29)/t19-,21-,23-/m1/s1. The molecule has 1 aliphatic carbocycles. The molecule has 2 amide bonds. The van der Waals surface area contributed by atoms with Crippen molar-refractivity contribution in [3.05, 3.63) is 89.8 Å². The molecule has 2 heterocycles. The van der Waals surface area contributed by atoms with Crippen LogP contribution in [0.3, 0.4) is 0 Å². The van der Waals surface area contributed by atoms with Crippen LogP contribution in [-0.2, 0) is 14.4 Å². The number of carbonyl (C=O) groups excluding carboxylic acids is 3. The van der Waals surface area contributed by atoms with Gasteiger partial charge in [-0.1, -0.05) is 42.5 Å². The van der Waals surface area contributed by atoms with Crippen LogP contribution in [0.1, 0.15) is 23.6 Å². The van der Waals surface area contributed by atoms with Gasteiger partial charge in [-0.25, -0.2) is 4.39 Å². The molecule has 5 rings (SSSR count). The molecule has 1 fully saturated rings. The van der Waals surface area contributed by atoms with Gasteiger partial charge in [-0.2, -0.15) is 0 Å². The van der Waals surface area contributed by atoms with Gasteiger partial charge < -0.3 is 10.2 Å². The van der Waals surface area contributed by atoms with Crippen molar-refractivity contribution in [1.82, 2.24) is 10.2 Å². The Morgan fingerprint density at radius 2 is 1.72 bits per heavy atom. The van der Waals surface area contributed by atoms with Crippen LogP contribution in [0.25, 0.3) is 5.57 Å². The number of amides is 2. The number of halogens is 1. The second kappa shape index (κ2) is 6.24. The van der Waals surface area contributed by atoms with Crippen LogP contribution in [0.5, 0.6) is 0 Å². The Morgan fingerprint density at radius 1 is 1.00 bits per heavy atom. The molecule has 5 nitrogen and oxygen atoms in total. The molecule has 29 heavy (non-hydrogen) atoms. The van der Waals surface area contributed by atoms with Crippen molar-refractivity contribution < 1.29 is 18.8 Å². The Hall–Kier alpha value is -3.54. The largest absolute Gasteiger partial charge is 0.348 e. The van der Waals surface area contributed by atoms with Gasteiger partial charge in [-0.3, -0.25) is 14.4 Å². The molecule has 1 saturated heterocycles. The van der Waals surface area contributed by atoms with E-state index in [-0.39, 0.29) is 24.0 Å². The first-order chi connectivity index (χ1) is 14.0. The molecule has 144 valence electrons. The number of piperazine rings is 1. The fourth-order valence-corrected chi connectivity index (χ4v) is 4.65. The van der Waals surface area contributed by atoms with Crippen molar-refractivity contribution in [3.63, 3.8) is 0 Å². The predicted molar refractivity (Wildman–Crippen MR) is 104 cm³/mol. The van der Waals surface area contributed by atoms with E-state index in [0.717, 1.165) is 11.1 Å². The highest BCUT2D eigenvalue weighted by atomic mass is 19.1. The molecule has 0 bridgehead atoms. The number of rotatable bonds is 2. The Kier molecular flexibility index (Phi) is 3.77. The first-order valence-electron chi connectivity index (χ1n) is 9.39. The summed E-state index contributed by atoms with van der Waals surface area (Å²) < 4.78 is 13.4. The first kappa shape index (κ1) is 17.6. The number of hydrogen-bond acceptors (Lipinski definition) is 3. The summed E-state index contributed by atoms with van der Waals surface area (Å²) >= 11 is 0. The minimum absolute atomic E-state index is 0.104. The van der Waals surface area contributed by atoms with Crippen LogP contribution < -0.4 is 5.32 Å². The number of ketones is 1. The predicted octanol–water partition coefficient (Wildman–Crippen LogP) is 2.56. The van der Waals surface area contributed by atoms with E-state index in [1.807, 2.05) is 30.3 Å². The van der Waals surface area contributed by atoms with E-state index in [1.54, 1.807) is 12.2 Å². The van der Waals surface area contributed by atoms with Crippen LogP contribution in [0.2, 0.25) is 0 Å². The van der Waals surface area contributed by atoms with Gasteiger partial charge in [0.15, 0.2) is 5.78 Å². The number of allylic oxidation sites excluding steroid dienone is 1. The SMILES string of the molecule is O=C1C=C[C@]23C(c4ccccc4)=CC(=O)N2[C@H](c2ccc(F)cc2)C(=O)N[C@@H]3C1. The van der Waals surface area contributed by atoms with Crippen LogP contribution in [-0.4, -0.2) is 34.1 Å². The second-order valence-electron chi connectivity index (χ2n) is 7.48. The molecule has 2 aromatic carbocycles. The smallest absolute Gasteiger partial charge is 0.248 e. The van der Waals surface area contributed by atoms with Crippen molar-refractivity contribution in [1.29, 1.82) is 0 Å². The summed E-state index contributed by atoms with van der Waals surface area (Å²) in [5.74, 6) is -1.21. The highest BCUT2D eigenvalue weighted by Crippen LogP contribution is 2.50. The van der Waals surface area contributed by atoms with Gasteiger partial charge in [0.25, 0.3) is 0 Å². The summed E-state index contributed by atoms with van der Waals surface area (Å²) in [6.07, 6.45) is 4.85. The van der Waals surface area contributed by atoms with Crippen LogP contribution in [0, 0.1) is 5.82 Å². The molecule has 2 aliphatic heterocycles. The zero-order valence-electron chi connectivity index (χ0n) is 15.3. The zero-order valence-corrected chi connectivity index (χ0v) is 15.3. The maximum Gasteiger partial charge on any atom is 0.248 e. The van der Waals surface area contributed by atoms with E-state index in [1.165, 1.54) is 35.2 Å². The molecular weight excluding hydrogens is 371 g/mol. The molecular formula is C23H17FN2O3. The molecule has 3 atom stereocenters. The fraction of sp³-hybridized carbons (Fsp3) is 0.174. The molecule has 6 heteroatoms. The Morgan fingerprint density at radius 3 is 2.45 bits per heavy atom. The van der Waals surface area contributed by atoms with Crippen molar-refractivity contribution in [2.24, 2.45) is 0 Å². The van der Waals surface area contributed by atoms with E-state index >= 15 is 0 Å². The minimum Gasteiger partial charge on any atom is -0.348 e. The first-order valence-corrected chi connectivity index (χ1v) is 9.39. The quantitative estimate of drug-likeness (QED) is 0.860. The lowest BCUT2D eigenvalue weighted by atomic mass is 9.72. The van der Waals surface area contributed by atoms with Gasteiger partial charge in [0.05, 0.1) is 6.04 Å². The van der Waals surface area contributed by atoms with E-state index in [2.05, 4.69) is 5.32 Å². The van der Waals surface area contributed by atoms with Gasteiger partial charge in [-0.15, -0.1) is 0 Å². The number of nitrogens with zero attached hydrogens (tertiary/aromatic N) is 1. The topological polar surface area (TPSA) is 66.5 Å². The minimum atomic E-state index is -0.973. The summed E-state index contributed by atoms with van der Waals surface area (Å²) in [6.45, 7) is 0. The summed E-state index contributed by atoms with van der Waals surface area (Å²) in [5, 5.41) is 2.95. The number of benzene rings is 2. The van der Waals surface area contributed by atoms with E-state index < -0.39 is 23.4 Å². The normalized spacial score (nSPS) is 28.0. The average molecular weight is 388 g/mol. The highest BCUT2D eigenvalue weighted by molar-refractivity contribution is 6.10. The zero-order chi connectivity index (χ0) is 20.2. The molecule has 0 radical (unpaired) electrons. The van der Waals surface area contributed by atoms with Gasteiger partial charge in [0.1, 0.15) is 17.4 Å². The Labute approximate surface area is 166 Å². The third kappa shape index (κ3) is 2.49. The molecule has 1 N–H and O–H groups in total. The van der Waals surface area contributed by atoms with E-state index in [0.29, 0.717) is 5.56 Å². The molecule has 0 saturated carbocycles. The lowest BCUT2D eigenvalue weighted by Crippen LogP contribution is -2.69. The van der Waals surface area contributed by atoms with Crippen molar-refractivity contribution in [3.8, 4) is 0 Å². The van der Waals surface area contributed by atoms with Crippen molar-refractivity contribution in [2.45, 2.75) is 24.0 Å². The van der Waals surface area contributed by atoms with Crippen LogP contribution in [0.4, 0.5) is 4.39 Å². The molecule has 1 spiro atoms. The van der Waals surface area contributed by atoms with Gasteiger partial charge in [-0.05, 0) is 41.0 Å². The van der Waals surface area contributed by atoms with Crippen molar-refractivity contribution >= 4 is 23.2 Å². The van der Waals surface area contributed by atoms with E-state index in [4.69, 9.17) is 0 Å².